The van der Waals surface area contributed by atoms with Gasteiger partial charge in [-0.2, -0.15) is 16.3 Å². The highest BCUT2D eigenvalue weighted by molar-refractivity contribution is 7.08. The average molecular weight is 348 g/mol. The van der Waals surface area contributed by atoms with Crippen LogP contribution in [0.3, 0.4) is 0 Å². The van der Waals surface area contributed by atoms with Crippen LogP contribution in [0.1, 0.15) is 11.5 Å². The summed E-state index contributed by atoms with van der Waals surface area (Å²) in [6.45, 7) is 0. The quantitative estimate of drug-likeness (QED) is 0.554. The number of aryl methyl sites for hydroxylation is 2. The Morgan fingerprint density at radius 2 is 1.76 bits per heavy atom. The van der Waals surface area contributed by atoms with E-state index in [4.69, 9.17) is 4.52 Å². The van der Waals surface area contributed by atoms with Crippen molar-refractivity contribution in [1.82, 2.24) is 10.1 Å². The molecule has 0 atom stereocenters. The fourth-order valence-electron chi connectivity index (χ4n) is 2.68. The van der Waals surface area contributed by atoms with Gasteiger partial charge in [0.05, 0.1) is 0 Å². The van der Waals surface area contributed by atoms with E-state index in [1.807, 2.05) is 24.3 Å². The molecule has 0 unspecified atom stereocenters. The van der Waals surface area contributed by atoms with Crippen molar-refractivity contribution >= 4 is 11.3 Å². The van der Waals surface area contributed by atoms with E-state index in [1.54, 1.807) is 23.5 Å². The lowest BCUT2D eigenvalue weighted by Gasteiger charge is -1.99. The van der Waals surface area contributed by atoms with Crippen molar-refractivity contribution in [2.24, 2.45) is 0 Å². The van der Waals surface area contributed by atoms with Crippen LogP contribution in [-0.2, 0) is 12.8 Å². The molecule has 5 heteroatoms. The third kappa shape index (κ3) is 3.61. The molecule has 1 N–H and O–H groups in total. The maximum atomic E-state index is 9.50. The van der Waals surface area contributed by atoms with Crippen LogP contribution in [0.25, 0.3) is 22.5 Å². The van der Waals surface area contributed by atoms with E-state index in [0.29, 0.717) is 18.1 Å². The number of hydrogen-bond donors (Lipinski definition) is 1. The van der Waals surface area contributed by atoms with Crippen molar-refractivity contribution in [3.63, 3.8) is 0 Å². The Morgan fingerprint density at radius 1 is 0.920 bits per heavy atom. The summed E-state index contributed by atoms with van der Waals surface area (Å²) in [5.41, 5.74) is 4.38. The molecule has 4 aromatic rings. The topological polar surface area (TPSA) is 59.2 Å². The molecule has 0 saturated carbocycles. The van der Waals surface area contributed by atoms with Crippen LogP contribution in [-0.4, -0.2) is 15.2 Å². The van der Waals surface area contributed by atoms with Gasteiger partial charge in [0.15, 0.2) is 0 Å². The monoisotopic (exact) mass is 348 g/mol. The van der Waals surface area contributed by atoms with Gasteiger partial charge >= 0.3 is 0 Å². The Hall–Kier alpha value is -2.92. The second-order valence-electron chi connectivity index (χ2n) is 5.77. The van der Waals surface area contributed by atoms with Crippen molar-refractivity contribution in [3.8, 4) is 28.3 Å². The van der Waals surface area contributed by atoms with Gasteiger partial charge in [-0.3, -0.25) is 0 Å². The molecule has 0 fully saturated rings. The number of hydrogen-bond acceptors (Lipinski definition) is 5. The first-order chi connectivity index (χ1) is 12.3. The third-order valence-corrected chi connectivity index (χ3v) is 4.69. The van der Waals surface area contributed by atoms with E-state index in [0.717, 1.165) is 17.5 Å². The predicted octanol–water partition coefficient (Wildman–Crippen LogP) is 4.96. The van der Waals surface area contributed by atoms with E-state index in [2.05, 4.69) is 39.1 Å². The van der Waals surface area contributed by atoms with Crippen LogP contribution in [0, 0.1) is 0 Å². The molecule has 0 amide bonds. The summed E-state index contributed by atoms with van der Waals surface area (Å²) < 4.78 is 5.35. The second kappa shape index (κ2) is 6.91. The Labute approximate surface area is 149 Å². The second-order valence-corrected chi connectivity index (χ2v) is 6.55. The number of aromatic hydroxyl groups is 1. The maximum Gasteiger partial charge on any atom is 0.227 e. The fraction of sp³-hybridized carbons (Fsp3) is 0.100. The van der Waals surface area contributed by atoms with Gasteiger partial charge in [-0.1, -0.05) is 41.6 Å². The molecular formula is C20H16N2O2S. The summed E-state index contributed by atoms with van der Waals surface area (Å²) in [7, 11) is 0. The fourth-order valence-corrected chi connectivity index (χ4v) is 3.34. The lowest BCUT2D eigenvalue weighted by Crippen LogP contribution is -1.91. The van der Waals surface area contributed by atoms with Gasteiger partial charge in [-0.15, -0.1) is 0 Å². The molecule has 0 bridgehead atoms. The van der Waals surface area contributed by atoms with Gasteiger partial charge in [0.2, 0.25) is 11.7 Å². The minimum absolute atomic E-state index is 0.273. The normalized spacial score (nSPS) is 10.9. The SMILES string of the molecule is Oc1cccc(CCc2nc(-c3ccc(-c4ccsc4)cc3)no2)c1. The molecular weight excluding hydrogens is 332 g/mol. The smallest absolute Gasteiger partial charge is 0.227 e. The molecule has 2 aromatic heterocycles. The zero-order valence-corrected chi connectivity index (χ0v) is 14.2. The van der Waals surface area contributed by atoms with Gasteiger partial charge < -0.3 is 9.63 Å². The summed E-state index contributed by atoms with van der Waals surface area (Å²) in [4.78, 5) is 4.47. The van der Waals surface area contributed by atoms with Gasteiger partial charge in [0, 0.05) is 12.0 Å². The van der Waals surface area contributed by atoms with E-state index in [1.165, 1.54) is 11.1 Å². The van der Waals surface area contributed by atoms with Gasteiger partial charge in [-0.05, 0) is 52.1 Å². The predicted molar refractivity (Wildman–Crippen MR) is 98.6 cm³/mol. The minimum atomic E-state index is 0.273. The molecule has 0 saturated heterocycles. The Bertz CT molecular complexity index is 960. The summed E-state index contributed by atoms with van der Waals surface area (Å²) in [6.07, 6.45) is 1.39. The van der Waals surface area contributed by atoms with E-state index in [9.17, 15) is 5.11 Å². The first-order valence-corrected chi connectivity index (χ1v) is 8.96. The summed E-state index contributed by atoms with van der Waals surface area (Å²) in [6, 6.07) is 17.5. The molecule has 2 aromatic carbocycles. The Kier molecular flexibility index (Phi) is 4.31. The van der Waals surface area contributed by atoms with Crippen LogP contribution in [0.4, 0.5) is 0 Å². The first kappa shape index (κ1) is 15.6. The standard InChI is InChI=1S/C20H16N2O2S/c23-18-3-1-2-14(12-18)4-9-19-21-20(22-24-19)16-7-5-15(6-8-16)17-10-11-25-13-17/h1-3,5-8,10-13,23H,4,9H2. The highest BCUT2D eigenvalue weighted by Gasteiger charge is 2.09. The number of aromatic nitrogens is 2. The lowest BCUT2D eigenvalue weighted by atomic mass is 10.1. The van der Waals surface area contributed by atoms with Crippen LogP contribution in [0.5, 0.6) is 5.75 Å². The van der Waals surface area contributed by atoms with Crippen LogP contribution in [0.15, 0.2) is 69.9 Å². The highest BCUT2D eigenvalue weighted by Crippen LogP contribution is 2.25. The molecule has 25 heavy (non-hydrogen) atoms. The summed E-state index contributed by atoms with van der Waals surface area (Å²) >= 11 is 1.69. The Balaban J connectivity index is 1.45. The van der Waals surface area contributed by atoms with E-state index in [-0.39, 0.29) is 5.75 Å². The summed E-state index contributed by atoms with van der Waals surface area (Å²) in [5.74, 6) is 1.47. The Morgan fingerprint density at radius 3 is 2.52 bits per heavy atom. The molecule has 0 radical (unpaired) electrons. The molecule has 0 spiro atoms. The molecule has 4 rings (SSSR count). The molecule has 2 heterocycles. The molecule has 0 aliphatic carbocycles. The average Bonchev–Trinajstić information content (AvgIpc) is 3.32. The van der Waals surface area contributed by atoms with Gasteiger partial charge in [0.25, 0.3) is 0 Å². The summed E-state index contributed by atoms with van der Waals surface area (Å²) in [5, 5.41) is 17.8. The third-order valence-electron chi connectivity index (χ3n) is 4.00. The van der Waals surface area contributed by atoms with Crippen molar-refractivity contribution < 1.29 is 9.63 Å². The van der Waals surface area contributed by atoms with Crippen LogP contribution >= 0.6 is 11.3 Å². The number of benzene rings is 2. The van der Waals surface area contributed by atoms with Crippen molar-refractivity contribution in [2.45, 2.75) is 12.8 Å². The minimum Gasteiger partial charge on any atom is -0.508 e. The molecule has 0 aliphatic heterocycles. The van der Waals surface area contributed by atoms with Crippen LogP contribution in [0.2, 0.25) is 0 Å². The van der Waals surface area contributed by atoms with Gasteiger partial charge in [0.1, 0.15) is 5.75 Å². The zero-order chi connectivity index (χ0) is 17.1. The number of rotatable bonds is 5. The number of phenolic OH excluding ortho intramolecular Hbond substituents is 1. The van der Waals surface area contributed by atoms with Crippen molar-refractivity contribution in [3.05, 3.63) is 76.8 Å². The molecule has 4 nitrogen and oxygen atoms in total. The highest BCUT2D eigenvalue weighted by atomic mass is 32.1. The van der Waals surface area contributed by atoms with Crippen molar-refractivity contribution in [1.29, 1.82) is 0 Å². The molecule has 0 aliphatic rings. The first-order valence-electron chi connectivity index (χ1n) is 8.01. The van der Waals surface area contributed by atoms with Crippen molar-refractivity contribution in [2.75, 3.05) is 0 Å². The zero-order valence-electron chi connectivity index (χ0n) is 13.4. The lowest BCUT2D eigenvalue weighted by molar-refractivity contribution is 0.379. The van der Waals surface area contributed by atoms with E-state index < -0.39 is 0 Å². The molecule has 124 valence electrons. The van der Waals surface area contributed by atoms with E-state index >= 15 is 0 Å². The van der Waals surface area contributed by atoms with Crippen LogP contribution < -0.4 is 0 Å². The van der Waals surface area contributed by atoms with Gasteiger partial charge in [-0.25, -0.2) is 0 Å². The number of nitrogens with zero attached hydrogens (tertiary/aromatic N) is 2. The maximum absolute atomic E-state index is 9.50. The number of thiophene rings is 1. The largest absolute Gasteiger partial charge is 0.508 e. The number of phenols is 1.